The number of ether oxygens (including phenoxy) is 4. The highest BCUT2D eigenvalue weighted by Gasteiger charge is 2.13. The van der Waals surface area contributed by atoms with Crippen LogP contribution in [0.2, 0.25) is 0 Å². The molecule has 2 aromatic rings. The molecule has 0 heterocycles. The second-order valence-corrected chi connectivity index (χ2v) is 6.19. The molecule has 0 bridgehead atoms. The van der Waals surface area contributed by atoms with Crippen LogP contribution in [0.15, 0.2) is 24.3 Å². The molecular formula is C23H23F2NO4. The topological polar surface area (TPSA) is 60.7 Å². The Bertz CT molecular complexity index is 925. The highest BCUT2D eigenvalue weighted by atomic mass is 19.1. The first-order valence-electron chi connectivity index (χ1n) is 9.41. The van der Waals surface area contributed by atoms with Gasteiger partial charge in [0.1, 0.15) is 52.7 Å². The lowest BCUT2D eigenvalue weighted by Gasteiger charge is -2.13. The Kier molecular flexibility index (Phi) is 8.93. The maximum atomic E-state index is 13.8. The van der Waals surface area contributed by atoms with Crippen LogP contribution in [0.1, 0.15) is 36.5 Å². The van der Waals surface area contributed by atoms with Crippen molar-refractivity contribution in [3.63, 3.8) is 0 Å². The van der Waals surface area contributed by atoms with Crippen molar-refractivity contribution in [2.24, 2.45) is 0 Å². The first-order valence-corrected chi connectivity index (χ1v) is 9.41. The molecule has 30 heavy (non-hydrogen) atoms. The van der Waals surface area contributed by atoms with Gasteiger partial charge in [-0.3, -0.25) is 0 Å². The number of unbranched alkanes of at least 4 members (excludes halogenated alkanes) is 1. The van der Waals surface area contributed by atoms with Crippen LogP contribution < -0.4 is 14.2 Å². The van der Waals surface area contributed by atoms with Gasteiger partial charge in [-0.1, -0.05) is 25.2 Å². The molecule has 7 heteroatoms. The van der Waals surface area contributed by atoms with Crippen molar-refractivity contribution in [2.75, 3.05) is 34.0 Å². The van der Waals surface area contributed by atoms with E-state index in [2.05, 4.69) is 18.8 Å². The predicted molar refractivity (Wildman–Crippen MR) is 108 cm³/mol. The quantitative estimate of drug-likeness (QED) is 0.447. The summed E-state index contributed by atoms with van der Waals surface area (Å²) in [6.45, 7) is 3.61. The van der Waals surface area contributed by atoms with E-state index in [1.165, 1.54) is 20.3 Å². The zero-order chi connectivity index (χ0) is 21.9. The van der Waals surface area contributed by atoms with Crippen molar-refractivity contribution >= 4 is 0 Å². The molecule has 0 saturated carbocycles. The van der Waals surface area contributed by atoms with Crippen molar-refractivity contribution in [3.8, 4) is 35.2 Å². The van der Waals surface area contributed by atoms with Gasteiger partial charge in [-0.2, -0.15) is 5.26 Å². The lowest BCUT2D eigenvalue weighted by Crippen LogP contribution is -2.08. The van der Waals surface area contributed by atoms with E-state index in [9.17, 15) is 8.78 Å². The van der Waals surface area contributed by atoms with E-state index in [1.807, 2.05) is 0 Å². The number of nitrogens with zero attached hydrogens (tertiary/aromatic N) is 1. The number of nitriles is 1. The summed E-state index contributed by atoms with van der Waals surface area (Å²) in [5.41, 5.74) is -0.162. The third kappa shape index (κ3) is 6.10. The smallest absolute Gasteiger partial charge is 0.145 e. The zero-order valence-electron chi connectivity index (χ0n) is 17.2. The molecule has 0 amide bonds. The lowest BCUT2D eigenvalue weighted by atomic mass is 10.1. The number of benzene rings is 2. The molecule has 0 aliphatic carbocycles. The van der Waals surface area contributed by atoms with Gasteiger partial charge < -0.3 is 18.9 Å². The van der Waals surface area contributed by atoms with E-state index in [1.54, 1.807) is 12.1 Å². The molecule has 0 aliphatic rings. The molecule has 0 unspecified atom stereocenters. The van der Waals surface area contributed by atoms with E-state index in [-0.39, 0.29) is 5.56 Å². The van der Waals surface area contributed by atoms with Crippen molar-refractivity contribution in [1.29, 1.82) is 5.26 Å². The van der Waals surface area contributed by atoms with E-state index >= 15 is 0 Å². The zero-order valence-corrected chi connectivity index (χ0v) is 17.2. The molecular weight excluding hydrogens is 392 g/mol. The average Bonchev–Trinajstić information content (AvgIpc) is 2.74. The maximum absolute atomic E-state index is 13.8. The minimum Gasteiger partial charge on any atom is -0.495 e. The Labute approximate surface area is 175 Å². The van der Waals surface area contributed by atoms with E-state index < -0.39 is 17.2 Å². The van der Waals surface area contributed by atoms with E-state index in [4.69, 9.17) is 24.2 Å². The van der Waals surface area contributed by atoms with Crippen LogP contribution in [0.3, 0.4) is 0 Å². The average molecular weight is 415 g/mol. The summed E-state index contributed by atoms with van der Waals surface area (Å²) in [7, 11) is 2.94. The van der Waals surface area contributed by atoms with Crippen LogP contribution in [0.25, 0.3) is 0 Å². The monoisotopic (exact) mass is 415 g/mol. The number of hydrogen-bond donors (Lipinski definition) is 0. The largest absolute Gasteiger partial charge is 0.495 e. The molecule has 0 spiro atoms. The van der Waals surface area contributed by atoms with Gasteiger partial charge in [0.25, 0.3) is 0 Å². The molecule has 0 fully saturated rings. The van der Waals surface area contributed by atoms with Gasteiger partial charge in [-0.05, 0) is 18.6 Å². The van der Waals surface area contributed by atoms with Crippen LogP contribution in [0.5, 0.6) is 17.2 Å². The summed E-state index contributed by atoms with van der Waals surface area (Å²) in [6, 6.07) is 6.79. The summed E-state index contributed by atoms with van der Waals surface area (Å²) in [5, 5.41) is 8.76. The fourth-order valence-corrected chi connectivity index (χ4v) is 2.55. The Hall–Kier alpha value is -3.29. The second-order valence-electron chi connectivity index (χ2n) is 6.19. The van der Waals surface area contributed by atoms with Crippen molar-refractivity contribution in [3.05, 3.63) is 52.6 Å². The van der Waals surface area contributed by atoms with Crippen molar-refractivity contribution in [1.82, 2.24) is 0 Å². The highest BCUT2D eigenvalue weighted by Crippen LogP contribution is 2.33. The lowest BCUT2D eigenvalue weighted by molar-refractivity contribution is 0.0979. The number of hydrogen-bond acceptors (Lipinski definition) is 5. The van der Waals surface area contributed by atoms with Gasteiger partial charge in [-0.15, -0.1) is 0 Å². The molecule has 0 N–H and O–H groups in total. The number of halogens is 2. The fraction of sp³-hybridized carbons (Fsp3) is 0.348. The summed E-state index contributed by atoms with van der Waals surface area (Å²) >= 11 is 0. The van der Waals surface area contributed by atoms with Gasteiger partial charge in [0.2, 0.25) is 0 Å². The standard InChI is InChI=1S/C23H23F2NO4/c1-4-5-8-29-9-10-30-17-13-22(27-2)18(23(14-17)28-3)7-6-16-11-20(24)19(15-26)21(25)12-16/h11-14H,4-5,8-10H2,1-3H3. The Balaban J connectivity index is 2.23. The molecule has 5 nitrogen and oxygen atoms in total. The molecule has 0 aliphatic heterocycles. The summed E-state index contributed by atoms with van der Waals surface area (Å²) in [6.07, 6.45) is 2.07. The Morgan fingerprint density at radius 3 is 2.03 bits per heavy atom. The van der Waals surface area contributed by atoms with Crippen LogP contribution in [-0.4, -0.2) is 34.0 Å². The van der Waals surface area contributed by atoms with Crippen molar-refractivity contribution < 1.29 is 27.7 Å². The third-order valence-electron chi connectivity index (χ3n) is 4.10. The molecule has 158 valence electrons. The second kappa shape index (κ2) is 11.6. The van der Waals surface area contributed by atoms with Gasteiger partial charge in [0, 0.05) is 24.3 Å². The van der Waals surface area contributed by atoms with Crippen molar-refractivity contribution in [2.45, 2.75) is 19.8 Å². The first-order chi connectivity index (χ1) is 14.5. The minimum absolute atomic E-state index is 0.0812. The molecule has 0 saturated heterocycles. The van der Waals surface area contributed by atoms with Gasteiger partial charge >= 0.3 is 0 Å². The van der Waals surface area contributed by atoms with Gasteiger partial charge in [0.15, 0.2) is 0 Å². The Morgan fingerprint density at radius 1 is 0.867 bits per heavy atom. The molecule has 0 atom stereocenters. The van der Waals surface area contributed by atoms with Crippen LogP contribution in [0.4, 0.5) is 8.78 Å². The van der Waals surface area contributed by atoms with E-state index in [0.717, 1.165) is 25.0 Å². The van der Waals surface area contributed by atoms with Crippen LogP contribution >= 0.6 is 0 Å². The van der Waals surface area contributed by atoms with Crippen LogP contribution in [-0.2, 0) is 4.74 Å². The molecule has 0 aromatic heterocycles. The first kappa shape index (κ1) is 23.0. The number of rotatable bonds is 9. The van der Waals surface area contributed by atoms with E-state index in [0.29, 0.717) is 42.6 Å². The molecule has 0 radical (unpaired) electrons. The fourth-order valence-electron chi connectivity index (χ4n) is 2.55. The molecule has 2 rings (SSSR count). The SMILES string of the molecule is CCCCOCCOc1cc(OC)c(C#Cc2cc(F)c(C#N)c(F)c2)c(OC)c1. The normalized spacial score (nSPS) is 10.0. The van der Waals surface area contributed by atoms with Crippen LogP contribution in [0, 0.1) is 34.8 Å². The van der Waals surface area contributed by atoms with Gasteiger partial charge in [0.05, 0.1) is 20.8 Å². The maximum Gasteiger partial charge on any atom is 0.145 e. The highest BCUT2D eigenvalue weighted by molar-refractivity contribution is 5.60. The third-order valence-corrected chi connectivity index (χ3v) is 4.10. The predicted octanol–water partition coefficient (Wildman–Crippen LogP) is 4.45. The Morgan fingerprint density at radius 2 is 1.50 bits per heavy atom. The van der Waals surface area contributed by atoms with Gasteiger partial charge in [-0.25, -0.2) is 8.78 Å². The molecule has 2 aromatic carbocycles. The minimum atomic E-state index is -0.967. The summed E-state index contributed by atoms with van der Waals surface area (Å²) in [4.78, 5) is 0. The number of methoxy groups -OCH3 is 2. The summed E-state index contributed by atoms with van der Waals surface area (Å²) < 4.78 is 49.5. The summed E-state index contributed by atoms with van der Waals surface area (Å²) in [5.74, 6) is 4.85.